The summed E-state index contributed by atoms with van der Waals surface area (Å²) < 4.78 is 5.94. The fraction of sp³-hybridized carbons (Fsp3) is 0.0625. The lowest BCUT2D eigenvalue weighted by Gasteiger charge is -2.01. The molecular formula is C16H13NO2S. The molecule has 1 heterocycles. The minimum atomic E-state index is -0.334. The molecule has 2 N–H and O–H groups in total. The Balaban J connectivity index is 2.15. The van der Waals surface area contributed by atoms with Gasteiger partial charge in [0.15, 0.2) is 0 Å². The first-order chi connectivity index (χ1) is 9.75. The second-order valence-electron chi connectivity index (χ2n) is 4.38. The first-order valence-corrected chi connectivity index (χ1v) is 7.22. The number of amides is 1. The SMILES string of the molecule is NC(=O)CSc1c(-c2ccccc2)oc2ccccc12. The van der Waals surface area contributed by atoms with Crippen molar-refractivity contribution in [2.45, 2.75) is 4.90 Å². The minimum Gasteiger partial charge on any atom is -0.455 e. The quantitative estimate of drug-likeness (QED) is 0.743. The second-order valence-corrected chi connectivity index (χ2v) is 5.36. The third-order valence-electron chi connectivity index (χ3n) is 2.94. The van der Waals surface area contributed by atoms with E-state index in [-0.39, 0.29) is 11.7 Å². The van der Waals surface area contributed by atoms with E-state index in [9.17, 15) is 4.79 Å². The lowest BCUT2D eigenvalue weighted by atomic mass is 10.1. The average Bonchev–Trinajstić information content (AvgIpc) is 2.84. The molecule has 3 nitrogen and oxygen atoms in total. The molecule has 1 amide bonds. The van der Waals surface area contributed by atoms with Crippen molar-refractivity contribution in [3.8, 4) is 11.3 Å². The lowest BCUT2D eigenvalue weighted by molar-refractivity contribution is -0.115. The summed E-state index contributed by atoms with van der Waals surface area (Å²) in [4.78, 5) is 12.0. The van der Waals surface area contributed by atoms with E-state index >= 15 is 0 Å². The highest BCUT2D eigenvalue weighted by atomic mass is 32.2. The maximum atomic E-state index is 11.0. The third kappa shape index (κ3) is 2.42. The van der Waals surface area contributed by atoms with Gasteiger partial charge in [-0.25, -0.2) is 0 Å². The van der Waals surface area contributed by atoms with Crippen LogP contribution in [0, 0.1) is 0 Å². The molecule has 0 aliphatic rings. The smallest absolute Gasteiger partial charge is 0.227 e. The van der Waals surface area contributed by atoms with Gasteiger partial charge in [0.25, 0.3) is 0 Å². The summed E-state index contributed by atoms with van der Waals surface area (Å²) in [6.07, 6.45) is 0. The molecule has 2 aromatic carbocycles. The van der Waals surface area contributed by atoms with E-state index in [1.165, 1.54) is 11.8 Å². The van der Waals surface area contributed by atoms with Crippen LogP contribution in [-0.2, 0) is 4.79 Å². The predicted octanol–water partition coefficient (Wildman–Crippen LogP) is 3.68. The van der Waals surface area contributed by atoms with E-state index in [1.54, 1.807) is 0 Å². The number of furan rings is 1. The summed E-state index contributed by atoms with van der Waals surface area (Å²) >= 11 is 1.42. The topological polar surface area (TPSA) is 56.2 Å². The highest BCUT2D eigenvalue weighted by Gasteiger charge is 2.16. The number of nitrogens with two attached hydrogens (primary N) is 1. The number of para-hydroxylation sites is 1. The van der Waals surface area contributed by atoms with Crippen molar-refractivity contribution in [1.82, 2.24) is 0 Å². The summed E-state index contributed by atoms with van der Waals surface area (Å²) in [6.45, 7) is 0. The Kier molecular flexibility index (Phi) is 3.48. The van der Waals surface area contributed by atoms with E-state index in [4.69, 9.17) is 10.2 Å². The van der Waals surface area contributed by atoms with Crippen molar-refractivity contribution >= 4 is 28.6 Å². The fourth-order valence-corrected chi connectivity index (χ4v) is 2.99. The number of hydrogen-bond donors (Lipinski definition) is 1. The monoisotopic (exact) mass is 283 g/mol. The molecule has 4 heteroatoms. The maximum absolute atomic E-state index is 11.0. The van der Waals surface area contributed by atoms with Crippen molar-refractivity contribution in [2.24, 2.45) is 5.73 Å². The number of fused-ring (bicyclic) bond motifs is 1. The number of benzene rings is 2. The van der Waals surface area contributed by atoms with Crippen LogP contribution in [0.5, 0.6) is 0 Å². The lowest BCUT2D eigenvalue weighted by Crippen LogP contribution is -2.12. The number of hydrogen-bond acceptors (Lipinski definition) is 3. The van der Waals surface area contributed by atoms with Crippen molar-refractivity contribution in [2.75, 3.05) is 5.75 Å². The van der Waals surface area contributed by atoms with Crippen LogP contribution in [-0.4, -0.2) is 11.7 Å². The van der Waals surface area contributed by atoms with E-state index < -0.39 is 0 Å². The van der Waals surface area contributed by atoms with Gasteiger partial charge < -0.3 is 10.2 Å². The van der Waals surface area contributed by atoms with Crippen LogP contribution in [0.25, 0.3) is 22.3 Å². The van der Waals surface area contributed by atoms with E-state index in [0.717, 1.165) is 27.2 Å². The molecule has 0 aliphatic carbocycles. The Morgan fingerprint density at radius 3 is 2.50 bits per heavy atom. The Bertz CT molecular complexity index is 750. The highest BCUT2D eigenvalue weighted by Crippen LogP contribution is 2.39. The molecule has 0 saturated carbocycles. The average molecular weight is 283 g/mol. The second kappa shape index (κ2) is 5.43. The van der Waals surface area contributed by atoms with Gasteiger partial charge >= 0.3 is 0 Å². The number of thioether (sulfide) groups is 1. The molecule has 3 rings (SSSR count). The summed E-state index contributed by atoms with van der Waals surface area (Å²) in [6, 6.07) is 17.7. The summed E-state index contributed by atoms with van der Waals surface area (Å²) in [5.74, 6) is 0.695. The van der Waals surface area contributed by atoms with Crippen LogP contribution in [0.1, 0.15) is 0 Å². The molecule has 0 aliphatic heterocycles. The van der Waals surface area contributed by atoms with Gasteiger partial charge in [0.2, 0.25) is 5.91 Å². The van der Waals surface area contributed by atoms with Crippen LogP contribution >= 0.6 is 11.8 Å². The van der Waals surface area contributed by atoms with Crippen LogP contribution in [0.2, 0.25) is 0 Å². The molecule has 20 heavy (non-hydrogen) atoms. The Labute approximate surface area is 120 Å². The molecule has 0 atom stereocenters. The van der Waals surface area contributed by atoms with Gasteiger partial charge in [-0.2, -0.15) is 0 Å². The first kappa shape index (κ1) is 12.8. The number of rotatable bonds is 4. The van der Waals surface area contributed by atoms with Crippen molar-refractivity contribution in [3.05, 3.63) is 54.6 Å². The molecule has 0 bridgehead atoms. The van der Waals surface area contributed by atoms with Crippen molar-refractivity contribution in [1.29, 1.82) is 0 Å². The van der Waals surface area contributed by atoms with Gasteiger partial charge in [0.05, 0.1) is 10.6 Å². The van der Waals surface area contributed by atoms with Gasteiger partial charge in [-0.05, 0) is 12.1 Å². The van der Waals surface area contributed by atoms with E-state index in [1.807, 2.05) is 54.6 Å². The van der Waals surface area contributed by atoms with Crippen LogP contribution in [0.3, 0.4) is 0 Å². The zero-order valence-corrected chi connectivity index (χ0v) is 11.5. The van der Waals surface area contributed by atoms with Gasteiger partial charge in [-0.3, -0.25) is 4.79 Å². The van der Waals surface area contributed by atoms with Crippen LogP contribution in [0.4, 0.5) is 0 Å². The zero-order valence-electron chi connectivity index (χ0n) is 10.7. The van der Waals surface area contributed by atoms with Crippen LogP contribution < -0.4 is 5.73 Å². The molecule has 100 valence electrons. The van der Waals surface area contributed by atoms with E-state index in [0.29, 0.717) is 0 Å². The first-order valence-electron chi connectivity index (χ1n) is 6.24. The predicted molar refractivity (Wildman–Crippen MR) is 81.6 cm³/mol. The number of primary amides is 1. The Hall–Kier alpha value is -2.20. The summed E-state index contributed by atoms with van der Waals surface area (Å²) in [5.41, 5.74) is 7.07. The highest BCUT2D eigenvalue weighted by molar-refractivity contribution is 8.00. The maximum Gasteiger partial charge on any atom is 0.227 e. The molecule has 0 fully saturated rings. The molecule has 3 aromatic rings. The minimum absolute atomic E-state index is 0.239. The molecule has 0 unspecified atom stereocenters. The van der Waals surface area contributed by atoms with Crippen molar-refractivity contribution in [3.63, 3.8) is 0 Å². The molecule has 0 radical (unpaired) electrons. The zero-order chi connectivity index (χ0) is 13.9. The van der Waals surface area contributed by atoms with E-state index in [2.05, 4.69) is 0 Å². The third-order valence-corrected chi connectivity index (χ3v) is 4.07. The van der Waals surface area contributed by atoms with Crippen molar-refractivity contribution < 1.29 is 9.21 Å². The molecule has 1 aromatic heterocycles. The molecular weight excluding hydrogens is 270 g/mol. The normalized spacial score (nSPS) is 10.8. The number of carbonyl (C=O) groups is 1. The van der Waals surface area contributed by atoms with Crippen LogP contribution in [0.15, 0.2) is 63.9 Å². The largest absolute Gasteiger partial charge is 0.455 e. The molecule has 0 spiro atoms. The van der Waals surface area contributed by atoms with Gasteiger partial charge in [0, 0.05) is 10.9 Å². The fourth-order valence-electron chi connectivity index (χ4n) is 2.09. The summed E-state index contributed by atoms with van der Waals surface area (Å²) in [5, 5.41) is 1.01. The number of carbonyl (C=O) groups excluding carboxylic acids is 1. The Morgan fingerprint density at radius 2 is 1.75 bits per heavy atom. The molecule has 0 saturated heterocycles. The Morgan fingerprint density at radius 1 is 1.05 bits per heavy atom. The summed E-state index contributed by atoms with van der Waals surface area (Å²) in [7, 11) is 0. The van der Waals surface area contributed by atoms with Gasteiger partial charge in [-0.15, -0.1) is 11.8 Å². The van der Waals surface area contributed by atoms with Gasteiger partial charge in [-0.1, -0.05) is 42.5 Å². The van der Waals surface area contributed by atoms with Gasteiger partial charge in [0.1, 0.15) is 11.3 Å². The standard InChI is InChI=1S/C16H13NO2S/c17-14(18)10-20-16-12-8-4-5-9-13(12)19-15(16)11-6-2-1-3-7-11/h1-9H,10H2,(H2,17,18).